The first-order valence-electron chi connectivity index (χ1n) is 5.24. The second-order valence-electron chi connectivity index (χ2n) is 3.76. The smallest absolute Gasteiger partial charge is 0.146 e. The molecule has 0 bridgehead atoms. The first kappa shape index (κ1) is 12.8. The van der Waals surface area contributed by atoms with Gasteiger partial charge in [-0.25, -0.2) is 0 Å². The number of halogens is 2. The van der Waals surface area contributed by atoms with Crippen molar-refractivity contribution in [3.05, 3.63) is 57.6 Å². The van der Waals surface area contributed by atoms with Crippen LogP contribution in [0.5, 0.6) is 11.5 Å². The number of nitriles is 1. The number of ether oxygens (including phenoxy) is 1. The Hall–Kier alpha value is -1.69. The van der Waals surface area contributed by atoms with E-state index in [1.54, 1.807) is 30.3 Å². The molecule has 0 atom stereocenters. The summed E-state index contributed by atoms with van der Waals surface area (Å²) in [5.41, 5.74) is 1.34. The topological polar surface area (TPSA) is 33.0 Å². The highest BCUT2D eigenvalue weighted by molar-refractivity contribution is 6.32. The summed E-state index contributed by atoms with van der Waals surface area (Å²) in [7, 11) is 0. The highest BCUT2D eigenvalue weighted by atomic mass is 35.5. The van der Waals surface area contributed by atoms with E-state index in [0.717, 1.165) is 5.56 Å². The fraction of sp³-hybridized carbons (Fsp3) is 0.0714. The van der Waals surface area contributed by atoms with Gasteiger partial charge in [-0.15, -0.1) is 0 Å². The number of hydrogen-bond donors (Lipinski definition) is 0. The zero-order valence-electron chi connectivity index (χ0n) is 9.58. The van der Waals surface area contributed by atoms with Crippen molar-refractivity contribution in [2.45, 2.75) is 6.92 Å². The summed E-state index contributed by atoms with van der Waals surface area (Å²) in [5.74, 6) is 0.900. The van der Waals surface area contributed by atoms with Crippen LogP contribution in [0, 0.1) is 18.3 Å². The molecule has 0 aromatic heterocycles. The van der Waals surface area contributed by atoms with Gasteiger partial charge in [0, 0.05) is 0 Å². The molecule has 2 rings (SSSR count). The van der Waals surface area contributed by atoms with Crippen LogP contribution in [0.3, 0.4) is 0 Å². The van der Waals surface area contributed by atoms with Crippen molar-refractivity contribution in [3.63, 3.8) is 0 Å². The van der Waals surface area contributed by atoms with Gasteiger partial charge in [-0.1, -0.05) is 35.3 Å². The van der Waals surface area contributed by atoms with Crippen LogP contribution in [-0.2, 0) is 0 Å². The van der Waals surface area contributed by atoms with Crippen LogP contribution in [0.25, 0.3) is 0 Å². The molecular formula is C14H9Cl2NO. The maximum atomic E-state index is 9.04. The van der Waals surface area contributed by atoms with Crippen LogP contribution in [0.4, 0.5) is 0 Å². The molecule has 2 nitrogen and oxygen atoms in total. The first-order valence-corrected chi connectivity index (χ1v) is 6.00. The molecule has 0 amide bonds. The lowest BCUT2D eigenvalue weighted by Crippen LogP contribution is -1.90. The maximum absolute atomic E-state index is 9.04. The second-order valence-corrected chi connectivity index (χ2v) is 4.58. The average Bonchev–Trinajstić information content (AvgIpc) is 2.33. The van der Waals surface area contributed by atoms with E-state index in [-0.39, 0.29) is 0 Å². The third kappa shape index (κ3) is 2.59. The molecule has 0 spiro atoms. The molecule has 4 heteroatoms. The standard InChI is InChI=1S/C14H9Cl2NO/c1-9-5-6-14(12(16)7-9)18-13-4-2-3-11(15)10(13)8-17/h2-7H,1H3. The Bertz CT molecular complexity index is 632. The van der Waals surface area contributed by atoms with Crippen LogP contribution in [-0.4, -0.2) is 0 Å². The number of hydrogen-bond acceptors (Lipinski definition) is 2. The number of nitrogens with zero attached hydrogens (tertiary/aromatic N) is 1. The van der Waals surface area contributed by atoms with Crippen molar-refractivity contribution in [2.75, 3.05) is 0 Å². The predicted octanol–water partition coefficient (Wildman–Crippen LogP) is 4.97. The lowest BCUT2D eigenvalue weighted by Gasteiger charge is -2.10. The molecule has 18 heavy (non-hydrogen) atoms. The lowest BCUT2D eigenvalue weighted by atomic mass is 10.2. The van der Waals surface area contributed by atoms with Crippen LogP contribution in [0.15, 0.2) is 36.4 Å². The Labute approximate surface area is 115 Å². The molecule has 0 fully saturated rings. The molecule has 0 saturated heterocycles. The predicted molar refractivity (Wildman–Crippen MR) is 72.4 cm³/mol. The van der Waals surface area contributed by atoms with Crippen LogP contribution < -0.4 is 4.74 Å². The number of benzene rings is 2. The van der Waals surface area contributed by atoms with Crippen molar-refractivity contribution in [1.29, 1.82) is 5.26 Å². The van der Waals surface area contributed by atoms with Crippen LogP contribution >= 0.6 is 23.2 Å². The highest BCUT2D eigenvalue weighted by Crippen LogP contribution is 2.33. The van der Waals surface area contributed by atoms with Gasteiger partial charge >= 0.3 is 0 Å². The van der Waals surface area contributed by atoms with Crippen LogP contribution in [0.1, 0.15) is 11.1 Å². The van der Waals surface area contributed by atoms with Crippen molar-refractivity contribution in [1.82, 2.24) is 0 Å². The zero-order chi connectivity index (χ0) is 13.1. The van der Waals surface area contributed by atoms with E-state index < -0.39 is 0 Å². The summed E-state index contributed by atoms with van der Waals surface area (Å²) in [6.45, 7) is 1.94. The molecule has 0 N–H and O–H groups in total. The van der Waals surface area contributed by atoms with Crippen molar-refractivity contribution < 1.29 is 4.74 Å². The third-order valence-electron chi connectivity index (χ3n) is 2.39. The Morgan fingerprint density at radius 1 is 1.06 bits per heavy atom. The minimum atomic E-state index is 0.302. The summed E-state index contributed by atoms with van der Waals surface area (Å²) in [5, 5.41) is 9.90. The lowest BCUT2D eigenvalue weighted by molar-refractivity contribution is 0.481. The summed E-state index contributed by atoms with van der Waals surface area (Å²) >= 11 is 12.0. The molecule has 0 unspecified atom stereocenters. The summed E-state index contributed by atoms with van der Waals surface area (Å²) in [4.78, 5) is 0. The Morgan fingerprint density at radius 3 is 2.50 bits per heavy atom. The van der Waals surface area contributed by atoms with Gasteiger partial charge < -0.3 is 4.74 Å². The van der Waals surface area contributed by atoms with Gasteiger partial charge in [0.25, 0.3) is 0 Å². The van der Waals surface area contributed by atoms with E-state index in [1.807, 2.05) is 19.1 Å². The second kappa shape index (κ2) is 5.30. The summed E-state index contributed by atoms with van der Waals surface area (Å²) < 4.78 is 5.63. The monoisotopic (exact) mass is 277 g/mol. The average molecular weight is 278 g/mol. The van der Waals surface area contributed by atoms with Crippen molar-refractivity contribution >= 4 is 23.2 Å². The van der Waals surface area contributed by atoms with Crippen molar-refractivity contribution in [2.24, 2.45) is 0 Å². The Morgan fingerprint density at radius 2 is 1.83 bits per heavy atom. The molecule has 0 heterocycles. The molecule has 2 aromatic carbocycles. The summed E-state index contributed by atoms with van der Waals surface area (Å²) in [6.07, 6.45) is 0. The quantitative estimate of drug-likeness (QED) is 0.777. The van der Waals surface area contributed by atoms with E-state index >= 15 is 0 Å². The first-order chi connectivity index (χ1) is 8.61. The molecule has 0 aliphatic heterocycles. The van der Waals surface area contributed by atoms with E-state index in [4.69, 9.17) is 33.2 Å². The van der Waals surface area contributed by atoms with Crippen LogP contribution in [0.2, 0.25) is 10.0 Å². The normalized spacial score (nSPS) is 9.89. The van der Waals surface area contributed by atoms with Crippen molar-refractivity contribution in [3.8, 4) is 17.6 Å². The number of rotatable bonds is 2. The molecule has 0 aliphatic rings. The van der Waals surface area contributed by atoms with Gasteiger partial charge in [0.1, 0.15) is 23.1 Å². The van der Waals surface area contributed by atoms with Gasteiger partial charge in [0.2, 0.25) is 0 Å². The van der Waals surface area contributed by atoms with E-state index in [2.05, 4.69) is 0 Å². The van der Waals surface area contributed by atoms with Gasteiger partial charge in [0.15, 0.2) is 0 Å². The fourth-order valence-electron chi connectivity index (χ4n) is 1.51. The molecule has 0 saturated carbocycles. The number of aryl methyl sites for hydroxylation is 1. The van der Waals surface area contributed by atoms with Gasteiger partial charge in [-0.3, -0.25) is 0 Å². The minimum absolute atomic E-state index is 0.302. The van der Waals surface area contributed by atoms with Gasteiger partial charge in [0.05, 0.1) is 10.0 Å². The third-order valence-corrected chi connectivity index (χ3v) is 3.00. The minimum Gasteiger partial charge on any atom is -0.454 e. The Balaban J connectivity index is 2.41. The van der Waals surface area contributed by atoms with E-state index in [9.17, 15) is 0 Å². The van der Waals surface area contributed by atoms with E-state index in [0.29, 0.717) is 27.1 Å². The molecular weight excluding hydrogens is 269 g/mol. The van der Waals surface area contributed by atoms with Gasteiger partial charge in [-0.2, -0.15) is 5.26 Å². The summed E-state index contributed by atoms with van der Waals surface area (Å²) in [6, 6.07) is 12.5. The highest BCUT2D eigenvalue weighted by Gasteiger charge is 2.10. The Kier molecular flexibility index (Phi) is 3.76. The SMILES string of the molecule is Cc1ccc(Oc2cccc(Cl)c2C#N)c(Cl)c1. The molecule has 90 valence electrons. The zero-order valence-corrected chi connectivity index (χ0v) is 11.1. The molecule has 0 radical (unpaired) electrons. The molecule has 0 aliphatic carbocycles. The fourth-order valence-corrected chi connectivity index (χ4v) is 1.99. The molecule has 2 aromatic rings. The van der Waals surface area contributed by atoms with Gasteiger partial charge in [-0.05, 0) is 36.8 Å². The van der Waals surface area contributed by atoms with E-state index in [1.165, 1.54) is 0 Å². The maximum Gasteiger partial charge on any atom is 0.146 e. The largest absolute Gasteiger partial charge is 0.454 e.